The van der Waals surface area contributed by atoms with Crippen molar-refractivity contribution in [3.63, 3.8) is 0 Å². The zero-order valence-corrected chi connectivity index (χ0v) is 7.19. The van der Waals surface area contributed by atoms with Crippen LogP contribution in [0.1, 0.15) is 13.8 Å². The van der Waals surface area contributed by atoms with Crippen LogP contribution in [-0.4, -0.2) is 18.4 Å². The highest BCUT2D eigenvalue weighted by Crippen LogP contribution is 2.17. The van der Waals surface area contributed by atoms with Crippen molar-refractivity contribution in [1.29, 1.82) is 0 Å². The van der Waals surface area contributed by atoms with Crippen LogP contribution < -0.4 is 0 Å². The lowest BCUT2D eigenvalue weighted by atomic mass is 9.99. The Balaban J connectivity index is 3.44. The van der Waals surface area contributed by atoms with Gasteiger partial charge in [0.25, 0.3) is 0 Å². The molecule has 0 unspecified atom stereocenters. The molecule has 0 bridgehead atoms. The molecular formula is C6H10BrO2. The molecule has 0 aliphatic rings. The summed E-state index contributed by atoms with van der Waals surface area (Å²) in [5.41, 5.74) is 0.0252. The molecule has 0 fully saturated rings. The van der Waals surface area contributed by atoms with Crippen LogP contribution in [0.4, 0.5) is 0 Å². The van der Waals surface area contributed by atoms with Gasteiger partial charge in [0.05, 0.1) is 6.61 Å². The van der Waals surface area contributed by atoms with E-state index in [4.69, 9.17) is 0 Å². The molecular weight excluding hydrogens is 184 g/mol. The van der Waals surface area contributed by atoms with Gasteiger partial charge in [-0.2, -0.15) is 0 Å². The predicted octanol–water partition coefficient (Wildman–Crippen LogP) is 1.49. The summed E-state index contributed by atoms with van der Waals surface area (Å²) < 4.78 is 4.45. The third-order valence-electron chi connectivity index (χ3n) is 0.884. The van der Waals surface area contributed by atoms with E-state index in [-0.39, 0.29) is 5.41 Å². The Morgan fingerprint density at radius 3 is 2.56 bits per heavy atom. The highest BCUT2D eigenvalue weighted by molar-refractivity contribution is 9.09. The van der Waals surface area contributed by atoms with Crippen molar-refractivity contribution in [3.05, 3.63) is 0 Å². The first-order chi connectivity index (χ1) is 4.12. The largest absolute Gasteiger partial charge is 0.457 e. The maximum Gasteiger partial charge on any atom is 0.417 e. The van der Waals surface area contributed by atoms with E-state index >= 15 is 0 Å². The molecule has 0 spiro atoms. The molecule has 0 aromatic carbocycles. The molecule has 0 N–H and O–H groups in total. The maximum absolute atomic E-state index is 9.60. The Labute approximate surface area is 63.7 Å². The molecule has 0 aliphatic carbocycles. The number of halogens is 1. The molecule has 0 aliphatic heterocycles. The van der Waals surface area contributed by atoms with Crippen LogP contribution in [0.25, 0.3) is 0 Å². The van der Waals surface area contributed by atoms with E-state index < -0.39 is 0 Å². The summed E-state index contributed by atoms with van der Waals surface area (Å²) >= 11 is 3.29. The molecule has 1 radical (unpaired) electrons. The van der Waals surface area contributed by atoms with Crippen LogP contribution in [0.15, 0.2) is 0 Å². The topological polar surface area (TPSA) is 26.3 Å². The second kappa shape index (κ2) is 3.88. The Kier molecular flexibility index (Phi) is 3.86. The molecule has 0 amide bonds. The zero-order chi connectivity index (χ0) is 7.33. The van der Waals surface area contributed by atoms with E-state index in [9.17, 15) is 4.79 Å². The van der Waals surface area contributed by atoms with Crippen molar-refractivity contribution in [2.24, 2.45) is 5.41 Å². The fourth-order valence-electron chi connectivity index (χ4n) is 0.263. The minimum atomic E-state index is 0.0252. The number of hydrogen-bond acceptors (Lipinski definition) is 2. The molecule has 2 nitrogen and oxygen atoms in total. The van der Waals surface area contributed by atoms with Gasteiger partial charge in [0.1, 0.15) is 0 Å². The summed E-state index contributed by atoms with van der Waals surface area (Å²) in [6, 6.07) is 0. The second-order valence-corrected chi connectivity index (χ2v) is 3.23. The summed E-state index contributed by atoms with van der Waals surface area (Å²) in [7, 11) is 0. The summed E-state index contributed by atoms with van der Waals surface area (Å²) in [4.78, 5) is 9.60. The molecule has 9 heavy (non-hydrogen) atoms. The van der Waals surface area contributed by atoms with E-state index in [0.717, 1.165) is 5.33 Å². The first-order valence-corrected chi connectivity index (χ1v) is 3.79. The van der Waals surface area contributed by atoms with E-state index in [1.807, 2.05) is 13.8 Å². The van der Waals surface area contributed by atoms with Gasteiger partial charge in [-0.3, -0.25) is 0 Å². The van der Waals surface area contributed by atoms with Gasteiger partial charge < -0.3 is 4.74 Å². The zero-order valence-electron chi connectivity index (χ0n) is 5.61. The van der Waals surface area contributed by atoms with Gasteiger partial charge >= 0.3 is 6.47 Å². The van der Waals surface area contributed by atoms with E-state index in [2.05, 4.69) is 20.7 Å². The second-order valence-electron chi connectivity index (χ2n) is 2.67. The quantitative estimate of drug-likeness (QED) is 0.633. The molecule has 53 valence electrons. The molecule has 0 rings (SSSR count). The molecule has 0 saturated carbocycles. The van der Waals surface area contributed by atoms with Crippen LogP contribution in [-0.2, 0) is 9.53 Å². The van der Waals surface area contributed by atoms with Crippen molar-refractivity contribution in [2.45, 2.75) is 13.8 Å². The molecule has 0 atom stereocenters. The van der Waals surface area contributed by atoms with Crippen molar-refractivity contribution < 1.29 is 9.53 Å². The normalized spacial score (nSPS) is 11.0. The summed E-state index contributed by atoms with van der Waals surface area (Å²) in [5, 5.41) is 0.821. The molecule has 3 heteroatoms. The van der Waals surface area contributed by atoms with Crippen LogP contribution in [0.5, 0.6) is 0 Å². The monoisotopic (exact) mass is 193 g/mol. The molecule has 0 aromatic rings. The van der Waals surface area contributed by atoms with Gasteiger partial charge in [-0.25, -0.2) is 4.79 Å². The molecule has 0 aromatic heterocycles. The van der Waals surface area contributed by atoms with Gasteiger partial charge in [0.2, 0.25) is 0 Å². The van der Waals surface area contributed by atoms with Crippen molar-refractivity contribution in [3.8, 4) is 0 Å². The standard InChI is InChI=1S/C6H10BrO2/c1-6(2,3-7)4-9-5-8/h3-4H2,1-2H3. The van der Waals surface area contributed by atoms with Gasteiger partial charge in [-0.1, -0.05) is 29.8 Å². The Morgan fingerprint density at radius 1 is 1.67 bits per heavy atom. The lowest BCUT2D eigenvalue weighted by Gasteiger charge is -2.18. The number of carbonyl (C=O) groups excluding carboxylic acids is 1. The summed E-state index contributed by atoms with van der Waals surface area (Å²) in [6.07, 6.45) is 0. The number of alkyl halides is 1. The highest BCUT2D eigenvalue weighted by atomic mass is 79.9. The van der Waals surface area contributed by atoms with Gasteiger partial charge in [0, 0.05) is 10.7 Å². The Hall–Kier alpha value is -0.0500. The van der Waals surface area contributed by atoms with E-state index in [1.54, 1.807) is 0 Å². The highest BCUT2D eigenvalue weighted by Gasteiger charge is 2.16. The Morgan fingerprint density at radius 2 is 2.22 bits per heavy atom. The van der Waals surface area contributed by atoms with Crippen molar-refractivity contribution >= 4 is 22.4 Å². The minimum absolute atomic E-state index is 0.0252. The Bertz CT molecular complexity index is 91.1. The third-order valence-corrected chi connectivity index (χ3v) is 2.40. The first kappa shape index (κ1) is 8.95. The fourth-order valence-corrected chi connectivity index (χ4v) is 0.425. The summed E-state index contributed by atoms with van der Waals surface area (Å²) in [5.74, 6) is 0. The van der Waals surface area contributed by atoms with Crippen molar-refractivity contribution in [2.75, 3.05) is 11.9 Å². The van der Waals surface area contributed by atoms with Crippen LogP contribution in [0, 0.1) is 5.41 Å². The SMILES string of the molecule is CC(C)(CBr)CO[C]=O. The van der Waals surface area contributed by atoms with Crippen LogP contribution in [0.3, 0.4) is 0 Å². The molecule has 0 saturated heterocycles. The average molecular weight is 194 g/mol. The predicted molar refractivity (Wildman–Crippen MR) is 39.2 cm³/mol. The smallest absolute Gasteiger partial charge is 0.417 e. The van der Waals surface area contributed by atoms with Crippen LogP contribution >= 0.6 is 15.9 Å². The molecule has 0 heterocycles. The van der Waals surface area contributed by atoms with Gasteiger partial charge in [0.15, 0.2) is 0 Å². The van der Waals surface area contributed by atoms with E-state index in [1.165, 1.54) is 6.47 Å². The first-order valence-electron chi connectivity index (χ1n) is 2.67. The number of hydrogen-bond donors (Lipinski definition) is 0. The number of rotatable bonds is 4. The maximum atomic E-state index is 9.60. The van der Waals surface area contributed by atoms with Crippen molar-refractivity contribution in [1.82, 2.24) is 0 Å². The lowest BCUT2D eigenvalue weighted by Crippen LogP contribution is -2.20. The lowest BCUT2D eigenvalue weighted by molar-refractivity contribution is 0.182. The van der Waals surface area contributed by atoms with Gasteiger partial charge in [-0.05, 0) is 0 Å². The minimum Gasteiger partial charge on any atom is -0.457 e. The average Bonchev–Trinajstić information content (AvgIpc) is 1.84. The van der Waals surface area contributed by atoms with Gasteiger partial charge in [-0.15, -0.1) is 0 Å². The number of ether oxygens (including phenoxy) is 1. The van der Waals surface area contributed by atoms with Crippen LogP contribution in [0.2, 0.25) is 0 Å². The fraction of sp³-hybridized carbons (Fsp3) is 0.833. The third kappa shape index (κ3) is 4.45. The summed E-state index contributed by atoms with van der Waals surface area (Å²) in [6.45, 7) is 5.80. The van der Waals surface area contributed by atoms with E-state index in [0.29, 0.717) is 6.61 Å².